The van der Waals surface area contributed by atoms with E-state index in [9.17, 15) is 8.42 Å². The van der Waals surface area contributed by atoms with Crippen molar-refractivity contribution < 1.29 is 13.2 Å². The first-order valence-electron chi connectivity index (χ1n) is 7.96. The van der Waals surface area contributed by atoms with E-state index < -0.39 is 9.84 Å². The smallest absolute Gasteiger partial charge is 0.151 e. The Kier molecular flexibility index (Phi) is 5.50. The standard InChI is InChI=1S/C17H27NO3S/c1-12(2)21-16-10-13(3)8-9-14(16)11-18-15-6-5-7-17(15)22(4,19)20/h8-10,12,15,17-18H,5-7,11H2,1-4H3/t15-,17-/m0/s1. The van der Waals surface area contributed by atoms with Gasteiger partial charge in [0.25, 0.3) is 0 Å². The van der Waals surface area contributed by atoms with Crippen LogP contribution in [0.1, 0.15) is 44.2 Å². The summed E-state index contributed by atoms with van der Waals surface area (Å²) in [7, 11) is -2.99. The average molecular weight is 325 g/mol. The minimum absolute atomic E-state index is 0.0446. The molecule has 0 spiro atoms. The number of benzene rings is 1. The molecule has 1 aliphatic carbocycles. The van der Waals surface area contributed by atoms with Gasteiger partial charge in [0, 0.05) is 24.4 Å². The van der Waals surface area contributed by atoms with E-state index in [4.69, 9.17) is 4.74 Å². The molecule has 0 aliphatic heterocycles. The lowest BCUT2D eigenvalue weighted by Gasteiger charge is -2.21. The molecule has 2 atom stereocenters. The van der Waals surface area contributed by atoms with Crippen molar-refractivity contribution in [2.24, 2.45) is 0 Å². The van der Waals surface area contributed by atoms with E-state index in [1.165, 1.54) is 6.26 Å². The monoisotopic (exact) mass is 325 g/mol. The Bertz CT molecular complexity index is 610. The van der Waals surface area contributed by atoms with Crippen molar-refractivity contribution in [3.63, 3.8) is 0 Å². The maximum Gasteiger partial charge on any atom is 0.151 e. The van der Waals surface area contributed by atoms with E-state index in [0.717, 1.165) is 36.1 Å². The molecule has 1 aromatic carbocycles. The van der Waals surface area contributed by atoms with Gasteiger partial charge in [0.2, 0.25) is 0 Å². The predicted octanol–water partition coefficient (Wildman–Crippen LogP) is 2.84. The highest BCUT2D eigenvalue weighted by atomic mass is 32.2. The zero-order valence-electron chi connectivity index (χ0n) is 13.9. The van der Waals surface area contributed by atoms with Crippen LogP contribution in [0.25, 0.3) is 0 Å². The molecular formula is C17H27NO3S. The maximum absolute atomic E-state index is 11.8. The Hall–Kier alpha value is -1.07. The summed E-state index contributed by atoms with van der Waals surface area (Å²) < 4.78 is 29.6. The van der Waals surface area contributed by atoms with Crippen LogP contribution in [0, 0.1) is 6.92 Å². The third-order valence-electron chi connectivity index (χ3n) is 4.14. The minimum Gasteiger partial charge on any atom is -0.491 e. The normalized spacial score (nSPS) is 22.2. The van der Waals surface area contributed by atoms with Crippen LogP contribution in [0.2, 0.25) is 0 Å². The number of nitrogens with one attached hydrogen (secondary N) is 1. The second kappa shape index (κ2) is 7.01. The van der Waals surface area contributed by atoms with Crippen molar-refractivity contribution in [1.29, 1.82) is 0 Å². The van der Waals surface area contributed by atoms with Gasteiger partial charge in [-0.3, -0.25) is 0 Å². The first-order valence-corrected chi connectivity index (χ1v) is 9.91. The molecule has 1 N–H and O–H groups in total. The minimum atomic E-state index is -2.99. The first kappa shape index (κ1) is 17.3. The fourth-order valence-corrected chi connectivity index (χ4v) is 4.51. The van der Waals surface area contributed by atoms with Gasteiger partial charge in [-0.2, -0.15) is 0 Å². The highest BCUT2D eigenvalue weighted by molar-refractivity contribution is 7.91. The molecule has 1 fully saturated rings. The molecule has 0 amide bonds. The summed E-state index contributed by atoms with van der Waals surface area (Å²) in [6, 6.07) is 6.21. The van der Waals surface area contributed by atoms with E-state index in [0.29, 0.717) is 6.54 Å². The molecule has 22 heavy (non-hydrogen) atoms. The molecule has 1 saturated carbocycles. The zero-order chi connectivity index (χ0) is 16.3. The summed E-state index contributed by atoms with van der Waals surface area (Å²) in [6.45, 7) is 6.70. The zero-order valence-corrected chi connectivity index (χ0v) is 14.7. The summed E-state index contributed by atoms with van der Waals surface area (Å²) in [5.74, 6) is 0.886. The second-order valence-electron chi connectivity index (χ2n) is 6.56. The Morgan fingerprint density at radius 1 is 1.32 bits per heavy atom. The number of aryl methyl sites for hydroxylation is 1. The first-order chi connectivity index (χ1) is 10.3. The van der Waals surface area contributed by atoms with Gasteiger partial charge in [-0.25, -0.2) is 8.42 Å². The summed E-state index contributed by atoms with van der Waals surface area (Å²) in [6.07, 6.45) is 4.12. The van der Waals surface area contributed by atoms with Gasteiger partial charge in [0.05, 0.1) is 11.4 Å². The summed E-state index contributed by atoms with van der Waals surface area (Å²) >= 11 is 0. The summed E-state index contributed by atoms with van der Waals surface area (Å²) in [4.78, 5) is 0. The van der Waals surface area contributed by atoms with Crippen LogP contribution in [0.5, 0.6) is 5.75 Å². The lowest BCUT2D eigenvalue weighted by atomic mass is 10.1. The topological polar surface area (TPSA) is 55.4 Å². The molecule has 4 nitrogen and oxygen atoms in total. The SMILES string of the molecule is Cc1ccc(CN[C@H]2CCC[C@@H]2S(C)(=O)=O)c(OC(C)C)c1. The van der Waals surface area contributed by atoms with E-state index in [1.54, 1.807) is 0 Å². The quantitative estimate of drug-likeness (QED) is 0.874. The molecule has 124 valence electrons. The number of rotatable bonds is 6. The van der Waals surface area contributed by atoms with Crippen LogP contribution < -0.4 is 10.1 Å². The van der Waals surface area contributed by atoms with Crippen molar-refractivity contribution in [2.45, 2.75) is 64.0 Å². The maximum atomic E-state index is 11.8. The van der Waals surface area contributed by atoms with Crippen molar-refractivity contribution in [3.8, 4) is 5.75 Å². The van der Waals surface area contributed by atoms with Gasteiger partial charge in [0.15, 0.2) is 9.84 Å². The van der Waals surface area contributed by atoms with Crippen molar-refractivity contribution >= 4 is 9.84 Å². The largest absolute Gasteiger partial charge is 0.491 e. The van der Waals surface area contributed by atoms with Gasteiger partial charge in [-0.1, -0.05) is 18.6 Å². The van der Waals surface area contributed by atoms with E-state index in [-0.39, 0.29) is 17.4 Å². The lowest BCUT2D eigenvalue weighted by Crippen LogP contribution is -2.39. The number of hydrogen-bond acceptors (Lipinski definition) is 4. The van der Waals surface area contributed by atoms with Crippen molar-refractivity contribution in [2.75, 3.05) is 6.26 Å². The van der Waals surface area contributed by atoms with Crippen molar-refractivity contribution in [3.05, 3.63) is 29.3 Å². The Morgan fingerprint density at radius 3 is 2.68 bits per heavy atom. The van der Waals surface area contributed by atoms with Gasteiger partial charge in [-0.15, -0.1) is 0 Å². The van der Waals surface area contributed by atoms with E-state index in [2.05, 4.69) is 17.4 Å². The molecule has 0 saturated heterocycles. The third-order valence-corrected chi connectivity index (χ3v) is 5.81. The molecule has 0 unspecified atom stereocenters. The van der Waals surface area contributed by atoms with Crippen LogP contribution in [-0.2, 0) is 16.4 Å². The molecule has 5 heteroatoms. The molecular weight excluding hydrogens is 298 g/mol. The fourth-order valence-electron chi connectivity index (χ4n) is 3.08. The Labute approximate surface area is 134 Å². The van der Waals surface area contributed by atoms with Crippen LogP contribution >= 0.6 is 0 Å². The molecule has 2 rings (SSSR count). The lowest BCUT2D eigenvalue weighted by molar-refractivity contribution is 0.239. The van der Waals surface area contributed by atoms with Crippen LogP contribution in [0.15, 0.2) is 18.2 Å². The predicted molar refractivity (Wildman–Crippen MR) is 90.1 cm³/mol. The van der Waals surface area contributed by atoms with E-state index in [1.807, 2.05) is 26.8 Å². The number of ether oxygens (including phenoxy) is 1. The molecule has 0 aromatic heterocycles. The molecule has 1 aromatic rings. The highest BCUT2D eigenvalue weighted by Gasteiger charge is 2.34. The third kappa shape index (κ3) is 4.46. The highest BCUT2D eigenvalue weighted by Crippen LogP contribution is 2.27. The fraction of sp³-hybridized carbons (Fsp3) is 0.647. The van der Waals surface area contributed by atoms with E-state index >= 15 is 0 Å². The molecule has 0 heterocycles. The van der Waals surface area contributed by atoms with Gasteiger partial charge >= 0.3 is 0 Å². The van der Waals surface area contributed by atoms with Crippen LogP contribution in [0.3, 0.4) is 0 Å². The summed E-state index contributed by atoms with van der Waals surface area (Å²) in [5, 5.41) is 3.17. The average Bonchev–Trinajstić information content (AvgIpc) is 2.85. The van der Waals surface area contributed by atoms with Crippen molar-refractivity contribution in [1.82, 2.24) is 5.32 Å². The Balaban J connectivity index is 2.08. The number of sulfone groups is 1. The molecule has 1 aliphatic rings. The van der Waals surface area contributed by atoms with Crippen LogP contribution in [-0.4, -0.2) is 32.1 Å². The molecule has 0 radical (unpaired) electrons. The van der Waals surface area contributed by atoms with Gasteiger partial charge in [-0.05, 0) is 45.2 Å². The van der Waals surface area contributed by atoms with Gasteiger partial charge in [0.1, 0.15) is 5.75 Å². The summed E-state index contributed by atoms with van der Waals surface area (Å²) in [5.41, 5.74) is 2.24. The molecule has 0 bridgehead atoms. The van der Waals surface area contributed by atoms with Gasteiger partial charge < -0.3 is 10.1 Å². The second-order valence-corrected chi connectivity index (χ2v) is 8.83. The van der Waals surface area contributed by atoms with Crippen LogP contribution in [0.4, 0.5) is 0 Å². The number of hydrogen-bond donors (Lipinski definition) is 1. The Morgan fingerprint density at radius 2 is 2.05 bits per heavy atom.